The number of carboxylic acids is 1. The van der Waals surface area contributed by atoms with E-state index in [1.54, 1.807) is 19.9 Å². The Morgan fingerprint density at radius 1 is 1.03 bits per heavy atom. The summed E-state index contributed by atoms with van der Waals surface area (Å²) in [4.78, 5) is 36.2. The SMILES string of the molecule is CCN(CC)S(=O)(=O)c1cc(N[C@@H](Cc2ccc(NC(=O)c3c(Cl)cncc3Cl)c(Cl)c2)C(=O)O)ncn1. The Labute approximate surface area is 234 Å². The Morgan fingerprint density at radius 3 is 2.26 bits per heavy atom. The van der Waals surface area contributed by atoms with E-state index >= 15 is 0 Å². The molecule has 0 bridgehead atoms. The van der Waals surface area contributed by atoms with E-state index < -0.39 is 27.9 Å². The van der Waals surface area contributed by atoms with Gasteiger partial charge >= 0.3 is 5.97 Å². The molecule has 38 heavy (non-hydrogen) atoms. The van der Waals surface area contributed by atoms with Gasteiger partial charge in [-0.2, -0.15) is 4.31 Å². The molecule has 1 amide bonds. The van der Waals surface area contributed by atoms with Gasteiger partial charge in [-0.15, -0.1) is 0 Å². The summed E-state index contributed by atoms with van der Waals surface area (Å²) in [5.41, 5.74) is 0.815. The van der Waals surface area contributed by atoms with Gasteiger partial charge in [0.25, 0.3) is 15.9 Å². The monoisotopic (exact) mass is 600 g/mol. The first-order valence-corrected chi connectivity index (χ1v) is 13.8. The summed E-state index contributed by atoms with van der Waals surface area (Å²) in [5, 5.41) is 15.1. The van der Waals surface area contributed by atoms with Crippen molar-refractivity contribution < 1.29 is 23.1 Å². The number of amides is 1. The molecule has 3 rings (SSSR count). The zero-order chi connectivity index (χ0) is 28.0. The number of aromatic nitrogens is 3. The van der Waals surface area contributed by atoms with Crippen molar-refractivity contribution in [2.24, 2.45) is 0 Å². The second kappa shape index (κ2) is 12.7. The number of sulfonamides is 1. The number of nitrogens with one attached hydrogen (secondary N) is 2. The molecule has 0 aliphatic heterocycles. The summed E-state index contributed by atoms with van der Waals surface area (Å²) in [6.07, 6.45) is 3.58. The number of pyridine rings is 1. The minimum absolute atomic E-state index is 0.0271. The van der Waals surface area contributed by atoms with Crippen LogP contribution in [0.1, 0.15) is 29.8 Å². The number of benzene rings is 1. The maximum absolute atomic E-state index is 12.8. The molecule has 11 nitrogen and oxygen atoms in total. The van der Waals surface area contributed by atoms with E-state index in [9.17, 15) is 23.1 Å². The lowest BCUT2D eigenvalue weighted by Gasteiger charge is -2.19. The molecule has 1 aromatic carbocycles. The fourth-order valence-electron chi connectivity index (χ4n) is 3.47. The zero-order valence-electron chi connectivity index (χ0n) is 20.2. The lowest BCUT2D eigenvalue weighted by atomic mass is 10.1. The van der Waals surface area contributed by atoms with Crippen LogP contribution in [0.25, 0.3) is 0 Å². The van der Waals surface area contributed by atoms with Crippen LogP contribution < -0.4 is 10.6 Å². The summed E-state index contributed by atoms with van der Waals surface area (Å²) in [7, 11) is -3.86. The van der Waals surface area contributed by atoms with Gasteiger partial charge in [-0.25, -0.2) is 23.2 Å². The van der Waals surface area contributed by atoms with Gasteiger partial charge in [0.1, 0.15) is 18.2 Å². The Balaban J connectivity index is 1.77. The van der Waals surface area contributed by atoms with Crippen LogP contribution in [0.15, 0.2) is 48.0 Å². The van der Waals surface area contributed by atoms with Crippen LogP contribution in [-0.2, 0) is 21.2 Å². The maximum atomic E-state index is 12.8. The van der Waals surface area contributed by atoms with E-state index in [1.165, 1.54) is 34.9 Å². The molecular formula is C23H23Cl3N6O5S. The third-order valence-corrected chi connectivity index (χ3v) is 8.21. The van der Waals surface area contributed by atoms with E-state index in [-0.39, 0.29) is 56.7 Å². The van der Waals surface area contributed by atoms with Crippen molar-refractivity contribution in [1.82, 2.24) is 19.3 Å². The van der Waals surface area contributed by atoms with Crippen molar-refractivity contribution in [3.8, 4) is 0 Å². The van der Waals surface area contributed by atoms with E-state index in [0.29, 0.717) is 5.56 Å². The first-order chi connectivity index (χ1) is 18.0. The number of carbonyl (C=O) groups is 2. The van der Waals surface area contributed by atoms with Crippen LogP contribution in [-0.4, -0.2) is 63.8 Å². The van der Waals surface area contributed by atoms with Gasteiger partial charge in [0.05, 0.1) is 26.3 Å². The molecule has 0 saturated heterocycles. The normalized spacial score (nSPS) is 12.3. The molecule has 202 valence electrons. The molecule has 0 saturated carbocycles. The molecule has 0 radical (unpaired) electrons. The number of anilines is 2. The highest BCUT2D eigenvalue weighted by molar-refractivity contribution is 7.89. The number of nitrogens with zero attached hydrogens (tertiary/aromatic N) is 4. The number of rotatable bonds is 11. The fourth-order valence-corrected chi connectivity index (χ4v) is 5.64. The number of halogens is 3. The Morgan fingerprint density at radius 2 is 1.68 bits per heavy atom. The average molecular weight is 602 g/mol. The molecule has 0 fully saturated rings. The molecule has 0 aliphatic carbocycles. The largest absolute Gasteiger partial charge is 0.480 e. The average Bonchev–Trinajstić information content (AvgIpc) is 2.86. The van der Waals surface area contributed by atoms with Gasteiger partial charge < -0.3 is 15.7 Å². The number of hydrogen-bond donors (Lipinski definition) is 3. The smallest absolute Gasteiger partial charge is 0.326 e. The van der Waals surface area contributed by atoms with Crippen LogP contribution in [0.3, 0.4) is 0 Å². The number of aliphatic carboxylic acids is 1. The molecule has 2 heterocycles. The summed E-state index contributed by atoms with van der Waals surface area (Å²) < 4.78 is 26.7. The van der Waals surface area contributed by atoms with Gasteiger partial charge in [-0.05, 0) is 17.7 Å². The molecule has 3 N–H and O–H groups in total. The van der Waals surface area contributed by atoms with Gasteiger partial charge in [0.15, 0.2) is 5.03 Å². The first-order valence-electron chi connectivity index (χ1n) is 11.2. The van der Waals surface area contributed by atoms with Gasteiger partial charge in [0.2, 0.25) is 0 Å². The minimum atomic E-state index is -3.86. The van der Waals surface area contributed by atoms with Crippen LogP contribution in [0.5, 0.6) is 0 Å². The van der Waals surface area contributed by atoms with Crippen molar-refractivity contribution in [1.29, 1.82) is 0 Å². The predicted molar refractivity (Wildman–Crippen MR) is 145 cm³/mol. The topological polar surface area (TPSA) is 154 Å². The summed E-state index contributed by atoms with van der Waals surface area (Å²) in [6.45, 7) is 3.91. The van der Waals surface area contributed by atoms with Crippen molar-refractivity contribution >= 4 is 68.2 Å². The van der Waals surface area contributed by atoms with Crippen LogP contribution in [0, 0.1) is 0 Å². The fraction of sp³-hybridized carbons (Fsp3) is 0.261. The molecule has 0 aliphatic rings. The minimum Gasteiger partial charge on any atom is -0.480 e. The van der Waals surface area contributed by atoms with Gasteiger partial charge in [0, 0.05) is 38.0 Å². The number of carboxylic acid groups (broad SMARTS) is 1. The highest BCUT2D eigenvalue weighted by Gasteiger charge is 2.25. The summed E-state index contributed by atoms with van der Waals surface area (Å²) in [5.74, 6) is -1.77. The van der Waals surface area contributed by atoms with E-state index in [4.69, 9.17) is 34.8 Å². The standard InChI is InChI=1S/C23H23Cl3N6O5S/c1-3-32(4-2)38(36,37)20-9-19(28-12-29-20)30-18(23(34)35)8-13-5-6-17(14(24)7-13)31-22(33)21-15(25)10-27-11-16(21)26/h5-7,9-12,18H,3-4,8H2,1-2H3,(H,31,33)(H,34,35)(H,28,29,30)/t18-/m0/s1. The first kappa shape index (κ1) is 29.5. The van der Waals surface area contributed by atoms with E-state index in [1.807, 2.05) is 0 Å². The third kappa shape index (κ3) is 6.88. The molecule has 3 aromatic rings. The molecular weight excluding hydrogens is 579 g/mol. The second-order valence-corrected chi connectivity index (χ2v) is 10.9. The maximum Gasteiger partial charge on any atom is 0.326 e. The summed E-state index contributed by atoms with van der Waals surface area (Å²) in [6, 6.07) is 4.60. The van der Waals surface area contributed by atoms with Gasteiger partial charge in [-0.1, -0.05) is 54.7 Å². The van der Waals surface area contributed by atoms with Crippen LogP contribution in [0.2, 0.25) is 15.1 Å². The predicted octanol–water partition coefficient (Wildman–Crippen LogP) is 4.22. The highest BCUT2D eigenvalue weighted by atomic mass is 35.5. The Kier molecular flexibility index (Phi) is 9.85. The lowest BCUT2D eigenvalue weighted by Crippen LogP contribution is -2.33. The molecule has 0 unspecified atom stereocenters. The quantitative estimate of drug-likeness (QED) is 0.274. The summed E-state index contributed by atoms with van der Waals surface area (Å²) >= 11 is 18.4. The number of carbonyl (C=O) groups excluding carboxylic acids is 1. The van der Waals surface area contributed by atoms with Crippen LogP contribution >= 0.6 is 34.8 Å². The van der Waals surface area contributed by atoms with Crippen molar-refractivity contribution in [3.05, 3.63) is 69.2 Å². The van der Waals surface area contributed by atoms with Crippen LogP contribution in [0.4, 0.5) is 11.5 Å². The molecule has 0 spiro atoms. The molecule has 2 aromatic heterocycles. The van der Waals surface area contributed by atoms with Crippen molar-refractivity contribution in [3.63, 3.8) is 0 Å². The van der Waals surface area contributed by atoms with E-state index in [2.05, 4.69) is 25.6 Å². The van der Waals surface area contributed by atoms with Crippen molar-refractivity contribution in [2.75, 3.05) is 23.7 Å². The van der Waals surface area contributed by atoms with E-state index in [0.717, 1.165) is 6.33 Å². The van der Waals surface area contributed by atoms with Gasteiger partial charge in [-0.3, -0.25) is 9.78 Å². The zero-order valence-corrected chi connectivity index (χ0v) is 23.2. The van der Waals surface area contributed by atoms with Crippen molar-refractivity contribution in [2.45, 2.75) is 31.3 Å². The highest BCUT2D eigenvalue weighted by Crippen LogP contribution is 2.28. The lowest BCUT2D eigenvalue weighted by molar-refractivity contribution is -0.137. The molecule has 15 heteroatoms. The third-order valence-electron chi connectivity index (χ3n) is 5.37. The Bertz CT molecular complexity index is 1430. The Hall–Kier alpha value is -3.03. The molecule has 1 atom stereocenters. The number of hydrogen-bond acceptors (Lipinski definition) is 8. The second-order valence-electron chi connectivity index (χ2n) is 7.82.